The third-order valence-corrected chi connectivity index (χ3v) is 1.99. The van der Waals surface area contributed by atoms with E-state index in [4.69, 9.17) is 5.11 Å². The van der Waals surface area contributed by atoms with E-state index in [0.29, 0.717) is 5.76 Å². The lowest BCUT2D eigenvalue weighted by atomic mass is 10.0. The highest BCUT2D eigenvalue weighted by atomic mass is 16.3. The molecule has 0 radical (unpaired) electrons. The zero-order chi connectivity index (χ0) is 7.56. The fourth-order valence-corrected chi connectivity index (χ4v) is 1.34. The molecule has 0 aromatic rings. The number of aliphatic hydroxyl groups is 1. The molecule has 1 saturated heterocycles. The van der Waals surface area contributed by atoms with Gasteiger partial charge in [-0.2, -0.15) is 0 Å². The second kappa shape index (κ2) is 3.06. The number of likely N-dealkylation sites (N-methyl/N-ethyl adjacent to an activating group) is 1. The summed E-state index contributed by atoms with van der Waals surface area (Å²) in [5.74, 6) is 0.520. The summed E-state index contributed by atoms with van der Waals surface area (Å²) in [5.41, 5.74) is 1.20. The molecule has 2 heteroatoms. The molecule has 0 saturated carbocycles. The molecular weight excluding hydrogens is 126 g/mol. The van der Waals surface area contributed by atoms with E-state index in [9.17, 15) is 0 Å². The molecule has 0 atom stereocenters. The first-order valence-corrected chi connectivity index (χ1v) is 3.76. The highest BCUT2D eigenvalue weighted by molar-refractivity contribution is 5.09. The molecule has 0 unspecified atom stereocenters. The van der Waals surface area contributed by atoms with E-state index in [-0.39, 0.29) is 0 Å². The molecule has 0 aliphatic carbocycles. The Bertz CT molecular complexity index is 147. The molecule has 1 rings (SSSR count). The van der Waals surface area contributed by atoms with Crippen molar-refractivity contribution in [3.05, 3.63) is 11.3 Å². The summed E-state index contributed by atoms with van der Waals surface area (Å²) in [6.07, 6.45) is 2.26. The molecule has 1 aliphatic rings. The standard InChI is InChI=1S/C8H15NO/c1-7(10)8-4-3-5-9(2)6-8/h10H,3-6H2,1-2H3/b8-7-. The molecule has 2 nitrogen and oxygen atoms in total. The van der Waals surface area contributed by atoms with Gasteiger partial charge >= 0.3 is 0 Å². The zero-order valence-electron chi connectivity index (χ0n) is 6.72. The van der Waals surface area contributed by atoms with Crippen molar-refractivity contribution >= 4 is 0 Å². The Kier molecular flexibility index (Phi) is 2.33. The van der Waals surface area contributed by atoms with E-state index < -0.39 is 0 Å². The molecule has 0 amide bonds. The van der Waals surface area contributed by atoms with Crippen LogP contribution in [0.4, 0.5) is 0 Å². The topological polar surface area (TPSA) is 23.5 Å². The Morgan fingerprint density at radius 3 is 2.70 bits per heavy atom. The fourth-order valence-electron chi connectivity index (χ4n) is 1.34. The van der Waals surface area contributed by atoms with Gasteiger partial charge in [0.1, 0.15) is 0 Å². The van der Waals surface area contributed by atoms with Gasteiger partial charge in [-0.05, 0) is 38.9 Å². The Labute approximate surface area is 62.2 Å². The first-order chi connectivity index (χ1) is 4.70. The van der Waals surface area contributed by atoms with Crippen LogP contribution >= 0.6 is 0 Å². The predicted molar refractivity (Wildman–Crippen MR) is 42.1 cm³/mol. The number of hydrogen-bond donors (Lipinski definition) is 1. The second-order valence-electron chi connectivity index (χ2n) is 3.03. The summed E-state index contributed by atoms with van der Waals surface area (Å²) >= 11 is 0. The first-order valence-electron chi connectivity index (χ1n) is 3.76. The largest absolute Gasteiger partial charge is 0.513 e. The monoisotopic (exact) mass is 141 g/mol. The van der Waals surface area contributed by atoms with Crippen molar-refractivity contribution in [3.63, 3.8) is 0 Å². The molecule has 0 spiro atoms. The van der Waals surface area contributed by atoms with Crippen molar-refractivity contribution < 1.29 is 5.11 Å². The molecular formula is C8H15NO. The molecule has 1 aliphatic heterocycles. The lowest BCUT2D eigenvalue weighted by molar-refractivity contribution is 0.304. The van der Waals surface area contributed by atoms with Crippen molar-refractivity contribution in [2.75, 3.05) is 20.1 Å². The van der Waals surface area contributed by atoms with Crippen LogP contribution < -0.4 is 0 Å². The molecule has 1 heterocycles. The molecule has 1 N–H and O–H groups in total. The number of hydrogen-bond acceptors (Lipinski definition) is 2. The number of likely N-dealkylation sites (tertiary alicyclic amines) is 1. The van der Waals surface area contributed by atoms with E-state index in [0.717, 1.165) is 19.5 Å². The van der Waals surface area contributed by atoms with Gasteiger partial charge in [0.2, 0.25) is 0 Å². The van der Waals surface area contributed by atoms with Crippen LogP contribution in [0.3, 0.4) is 0 Å². The summed E-state index contributed by atoms with van der Waals surface area (Å²) in [6, 6.07) is 0. The quantitative estimate of drug-likeness (QED) is 0.517. The maximum absolute atomic E-state index is 9.15. The maximum Gasteiger partial charge on any atom is 0.0896 e. The lowest BCUT2D eigenvalue weighted by Crippen LogP contribution is -2.27. The molecule has 0 aromatic carbocycles. The van der Waals surface area contributed by atoms with Crippen LogP contribution in [0.1, 0.15) is 19.8 Å². The van der Waals surface area contributed by atoms with E-state index in [1.54, 1.807) is 6.92 Å². The van der Waals surface area contributed by atoms with Gasteiger partial charge in [0.15, 0.2) is 0 Å². The van der Waals surface area contributed by atoms with Gasteiger partial charge in [0.05, 0.1) is 5.76 Å². The SMILES string of the molecule is C/C(O)=C1\CCCN(C)C1. The average Bonchev–Trinajstić information content (AvgIpc) is 1.88. The van der Waals surface area contributed by atoms with Crippen LogP contribution in [-0.2, 0) is 0 Å². The maximum atomic E-state index is 9.15. The van der Waals surface area contributed by atoms with Crippen LogP contribution in [0.2, 0.25) is 0 Å². The molecule has 0 aromatic heterocycles. The van der Waals surface area contributed by atoms with Crippen LogP contribution in [0, 0.1) is 0 Å². The summed E-state index contributed by atoms with van der Waals surface area (Å²) in [6.45, 7) is 3.88. The van der Waals surface area contributed by atoms with Crippen molar-refractivity contribution in [2.45, 2.75) is 19.8 Å². The molecule has 58 valence electrons. The van der Waals surface area contributed by atoms with Gasteiger partial charge < -0.3 is 10.0 Å². The number of nitrogens with zero attached hydrogens (tertiary/aromatic N) is 1. The smallest absolute Gasteiger partial charge is 0.0896 e. The van der Waals surface area contributed by atoms with Crippen LogP contribution in [0.15, 0.2) is 11.3 Å². The summed E-state index contributed by atoms with van der Waals surface area (Å²) in [5, 5.41) is 9.15. The van der Waals surface area contributed by atoms with Crippen LogP contribution in [0.25, 0.3) is 0 Å². The van der Waals surface area contributed by atoms with Gasteiger partial charge in [-0.25, -0.2) is 0 Å². The Morgan fingerprint density at radius 1 is 1.60 bits per heavy atom. The highest BCUT2D eigenvalue weighted by Crippen LogP contribution is 2.15. The second-order valence-corrected chi connectivity index (χ2v) is 3.03. The Balaban J connectivity index is 2.55. The number of allylic oxidation sites excluding steroid dienone is 1. The van der Waals surface area contributed by atoms with E-state index in [1.807, 2.05) is 0 Å². The zero-order valence-corrected chi connectivity index (χ0v) is 6.72. The summed E-state index contributed by atoms with van der Waals surface area (Å²) in [4.78, 5) is 2.23. The van der Waals surface area contributed by atoms with Crippen LogP contribution in [-0.4, -0.2) is 30.1 Å². The van der Waals surface area contributed by atoms with E-state index in [2.05, 4.69) is 11.9 Å². The molecule has 1 fully saturated rings. The van der Waals surface area contributed by atoms with Crippen molar-refractivity contribution in [2.24, 2.45) is 0 Å². The van der Waals surface area contributed by atoms with Gasteiger partial charge in [0.25, 0.3) is 0 Å². The Hall–Kier alpha value is -0.500. The minimum Gasteiger partial charge on any atom is -0.513 e. The Morgan fingerprint density at radius 2 is 2.30 bits per heavy atom. The van der Waals surface area contributed by atoms with Crippen molar-refractivity contribution in [3.8, 4) is 0 Å². The number of aliphatic hydroxyl groups excluding tert-OH is 1. The molecule has 0 bridgehead atoms. The summed E-state index contributed by atoms with van der Waals surface area (Å²) in [7, 11) is 2.09. The van der Waals surface area contributed by atoms with Gasteiger partial charge in [-0.15, -0.1) is 0 Å². The third-order valence-electron chi connectivity index (χ3n) is 1.99. The predicted octanol–water partition coefficient (Wildman–Crippen LogP) is 1.54. The normalized spacial score (nSPS) is 26.6. The number of rotatable bonds is 0. The van der Waals surface area contributed by atoms with E-state index in [1.165, 1.54) is 12.0 Å². The summed E-state index contributed by atoms with van der Waals surface area (Å²) < 4.78 is 0. The van der Waals surface area contributed by atoms with Crippen molar-refractivity contribution in [1.82, 2.24) is 4.90 Å². The van der Waals surface area contributed by atoms with Crippen LogP contribution in [0.5, 0.6) is 0 Å². The highest BCUT2D eigenvalue weighted by Gasteiger charge is 2.11. The van der Waals surface area contributed by atoms with E-state index >= 15 is 0 Å². The fraction of sp³-hybridized carbons (Fsp3) is 0.750. The van der Waals surface area contributed by atoms with Gasteiger partial charge in [-0.1, -0.05) is 0 Å². The van der Waals surface area contributed by atoms with Crippen molar-refractivity contribution in [1.29, 1.82) is 0 Å². The first kappa shape index (κ1) is 7.61. The van der Waals surface area contributed by atoms with Gasteiger partial charge in [-0.3, -0.25) is 0 Å². The average molecular weight is 141 g/mol. The third kappa shape index (κ3) is 1.74. The number of piperidine rings is 1. The minimum atomic E-state index is 0.520. The molecule has 10 heavy (non-hydrogen) atoms. The lowest BCUT2D eigenvalue weighted by Gasteiger charge is -2.24. The van der Waals surface area contributed by atoms with Gasteiger partial charge in [0, 0.05) is 6.54 Å². The minimum absolute atomic E-state index is 0.520.